The number of hydrogen-bond acceptors (Lipinski definition) is 7. The Morgan fingerprint density at radius 1 is 1.23 bits per heavy atom. The first kappa shape index (κ1) is 18.5. The SMILES string of the molecule is CC(C)c1ccnnc1OC[C@H]1C[C@H](c2cc(Nc3nccn4nccc34)n[nH]2)C1. The van der Waals surface area contributed by atoms with E-state index in [1.54, 1.807) is 23.1 Å². The van der Waals surface area contributed by atoms with Gasteiger partial charge in [-0.3, -0.25) is 5.10 Å². The molecule has 4 aromatic rings. The van der Waals surface area contributed by atoms with Crippen LogP contribution in [0, 0.1) is 5.92 Å². The first-order valence-corrected chi connectivity index (χ1v) is 10.2. The summed E-state index contributed by atoms with van der Waals surface area (Å²) in [5, 5.41) is 23.2. The Hall–Kier alpha value is -3.49. The molecule has 4 heterocycles. The number of hydrogen-bond donors (Lipinski definition) is 2. The number of nitrogens with one attached hydrogen (secondary N) is 2. The molecule has 1 aliphatic carbocycles. The second kappa shape index (κ2) is 7.74. The zero-order valence-corrected chi connectivity index (χ0v) is 17.0. The third kappa shape index (κ3) is 3.58. The van der Waals surface area contributed by atoms with Crippen molar-refractivity contribution in [3.63, 3.8) is 0 Å². The summed E-state index contributed by atoms with van der Waals surface area (Å²) in [4.78, 5) is 4.39. The van der Waals surface area contributed by atoms with E-state index in [4.69, 9.17) is 4.74 Å². The number of aromatic nitrogens is 7. The van der Waals surface area contributed by atoms with Gasteiger partial charge in [0.05, 0.1) is 19.0 Å². The molecule has 0 bridgehead atoms. The van der Waals surface area contributed by atoms with Gasteiger partial charge >= 0.3 is 0 Å². The molecule has 1 saturated carbocycles. The second-order valence-electron chi connectivity index (χ2n) is 8.06. The van der Waals surface area contributed by atoms with Crippen molar-refractivity contribution in [1.29, 1.82) is 0 Å². The van der Waals surface area contributed by atoms with Gasteiger partial charge in [0, 0.05) is 35.6 Å². The van der Waals surface area contributed by atoms with Crippen LogP contribution in [0.1, 0.15) is 49.8 Å². The smallest absolute Gasteiger partial charge is 0.236 e. The molecule has 4 aromatic heterocycles. The summed E-state index contributed by atoms with van der Waals surface area (Å²) in [7, 11) is 0. The van der Waals surface area contributed by atoms with Gasteiger partial charge in [0.25, 0.3) is 0 Å². The molecular formula is C21H24N8O. The summed E-state index contributed by atoms with van der Waals surface area (Å²) < 4.78 is 7.75. The van der Waals surface area contributed by atoms with E-state index in [0.717, 1.165) is 41.3 Å². The van der Waals surface area contributed by atoms with Crippen LogP contribution in [0.3, 0.4) is 0 Å². The topological polar surface area (TPSA) is 106 Å². The summed E-state index contributed by atoms with van der Waals surface area (Å²) in [6, 6.07) is 5.96. The summed E-state index contributed by atoms with van der Waals surface area (Å²) in [6.07, 6.45) is 9.13. The van der Waals surface area contributed by atoms with E-state index in [1.807, 2.05) is 18.3 Å². The zero-order valence-electron chi connectivity index (χ0n) is 17.0. The predicted molar refractivity (Wildman–Crippen MR) is 112 cm³/mol. The molecular weight excluding hydrogens is 380 g/mol. The summed E-state index contributed by atoms with van der Waals surface area (Å²) in [5.41, 5.74) is 3.15. The van der Waals surface area contributed by atoms with Crippen LogP contribution in [-0.4, -0.2) is 41.6 Å². The third-order valence-corrected chi connectivity index (χ3v) is 5.64. The van der Waals surface area contributed by atoms with Gasteiger partial charge in [0.15, 0.2) is 11.6 Å². The quantitative estimate of drug-likeness (QED) is 0.484. The van der Waals surface area contributed by atoms with Crippen LogP contribution in [0.25, 0.3) is 5.52 Å². The first-order chi connectivity index (χ1) is 14.7. The molecule has 30 heavy (non-hydrogen) atoms. The molecule has 0 aliphatic heterocycles. The lowest BCUT2D eigenvalue weighted by molar-refractivity contribution is 0.150. The van der Waals surface area contributed by atoms with E-state index in [1.165, 1.54) is 0 Å². The average molecular weight is 404 g/mol. The van der Waals surface area contributed by atoms with E-state index in [9.17, 15) is 0 Å². The molecule has 154 valence electrons. The van der Waals surface area contributed by atoms with Gasteiger partial charge < -0.3 is 10.1 Å². The molecule has 9 heteroatoms. The molecule has 0 spiro atoms. The van der Waals surface area contributed by atoms with Crippen LogP contribution >= 0.6 is 0 Å². The fourth-order valence-corrected chi connectivity index (χ4v) is 3.89. The standard InChI is InChI=1S/C21H24N8O/c1-13(2)16-3-5-23-28-21(16)30-12-14-9-15(10-14)17-11-19(27-26-17)25-20-18-4-6-24-29(18)8-7-22-20/h3-8,11,13-15H,9-10,12H2,1-2H3,(H2,22,25,26,27)/t14-,15-. The molecule has 5 rings (SSSR count). The first-order valence-electron chi connectivity index (χ1n) is 10.2. The van der Waals surface area contributed by atoms with E-state index < -0.39 is 0 Å². The Labute approximate surface area is 173 Å². The predicted octanol–water partition coefficient (Wildman–Crippen LogP) is 3.68. The largest absolute Gasteiger partial charge is 0.476 e. The number of aromatic amines is 1. The molecule has 0 amide bonds. The Kier molecular flexibility index (Phi) is 4.78. The van der Waals surface area contributed by atoms with Crippen molar-refractivity contribution in [2.75, 3.05) is 11.9 Å². The molecule has 2 N–H and O–H groups in total. The van der Waals surface area contributed by atoms with Crippen molar-refractivity contribution in [2.45, 2.75) is 38.5 Å². The number of nitrogens with zero attached hydrogens (tertiary/aromatic N) is 6. The molecule has 1 fully saturated rings. The van der Waals surface area contributed by atoms with E-state index in [-0.39, 0.29) is 0 Å². The van der Waals surface area contributed by atoms with Crippen molar-refractivity contribution in [3.05, 3.63) is 54.2 Å². The van der Waals surface area contributed by atoms with Crippen LogP contribution in [0.15, 0.2) is 43.0 Å². The number of rotatable bonds is 7. The monoisotopic (exact) mass is 404 g/mol. The molecule has 0 aromatic carbocycles. The highest BCUT2D eigenvalue weighted by Crippen LogP contribution is 2.41. The highest BCUT2D eigenvalue weighted by molar-refractivity contribution is 5.71. The molecule has 0 radical (unpaired) electrons. The Morgan fingerprint density at radius 3 is 3.00 bits per heavy atom. The fraction of sp³-hybridized carbons (Fsp3) is 0.381. The van der Waals surface area contributed by atoms with Crippen molar-refractivity contribution >= 4 is 17.2 Å². The Morgan fingerprint density at radius 2 is 2.13 bits per heavy atom. The number of H-pyrrole nitrogens is 1. The van der Waals surface area contributed by atoms with Crippen LogP contribution < -0.4 is 10.1 Å². The van der Waals surface area contributed by atoms with Crippen molar-refractivity contribution in [1.82, 2.24) is 35.0 Å². The van der Waals surface area contributed by atoms with Gasteiger partial charge in [0.2, 0.25) is 5.88 Å². The van der Waals surface area contributed by atoms with E-state index in [0.29, 0.717) is 30.2 Å². The van der Waals surface area contributed by atoms with Gasteiger partial charge in [-0.1, -0.05) is 13.8 Å². The number of fused-ring (bicyclic) bond motifs is 1. The highest BCUT2D eigenvalue weighted by atomic mass is 16.5. The van der Waals surface area contributed by atoms with Gasteiger partial charge in [0.1, 0.15) is 5.52 Å². The lowest BCUT2D eigenvalue weighted by Crippen LogP contribution is -2.27. The second-order valence-corrected chi connectivity index (χ2v) is 8.06. The van der Waals surface area contributed by atoms with E-state index in [2.05, 4.69) is 55.7 Å². The number of ether oxygens (including phenoxy) is 1. The maximum absolute atomic E-state index is 5.98. The zero-order chi connectivity index (χ0) is 20.5. The van der Waals surface area contributed by atoms with Gasteiger partial charge in [-0.25, -0.2) is 9.50 Å². The van der Waals surface area contributed by atoms with Gasteiger partial charge in [-0.15, -0.1) is 5.10 Å². The van der Waals surface area contributed by atoms with Gasteiger partial charge in [-0.05, 0) is 36.8 Å². The van der Waals surface area contributed by atoms with E-state index >= 15 is 0 Å². The summed E-state index contributed by atoms with van der Waals surface area (Å²) in [6.45, 7) is 4.94. The minimum Gasteiger partial charge on any atom is -0.476 e. The highest BCUT2D eigenvalue weighted by Gasteiger charge is 2.32. The van der Waals surface area contributed by atoms with Gasteiger partial charge in [-0.2, -0.15) is 15.3 Å². The van der Waals surface area contributed by atoms with Crippen molar-refractivity contribution in [2.24, 2.45) is 5.92 Å². The lowest BCUT2D eigenvalue weighted by atomic mass is 9.74. The fourth-order valence-electron chi connectivity index (χ4n) is 3.89. The Balaban J connectivity index is 1.17. The molecule has 1 aliphatic rings. The Bertz CT molecular complexity index is 1140. The average Bonchev–Trinajstić information content (AvgIpc) is 3.37. The third-order valence-electron chi connectivity index (χ3n) is 5.64. The molecule has 9 nitrogen and oxygen atoms in total. The summed E-state index contributed by atoms with van der Waals surface area (Å²) in [5.74, 6) is 3.49. The van der Waals surface area contributed by atoms with Crippen molar-refractivity contribution < 1.29 is 4.74 Å². The maximum Gasteiger partial charge on any atom is 0.236 e. The lowest BCUT2D eigenvalue weighted by Gasteiger charge is -2.34. The molecule has 0 saturated heterocycles. The van der Waals surface area contributed by atoms with Crippen LogP contribution in [0.2, 0.25) is 0 Å². The van der Waals surface area contributed by atoms with Crippen molar-refractivity contribution in [3.8, 4) is 5.88 Å². The maximum atomic E-state index is 5.98. The minimum absolute atomic E-state index is 0.364. The van der Waals surface area contributed by atoms with Crippen LogP contribution in [0.4, 0.5) is 11.6 Å². The summed E-state index contributed by atoms with van der Waals surface area (Å²) >= 11 is 0. The minimum atomic E-state index is 0.364. The van der Waals surface area contributed by atoms with Crippen LogP contribution in [0.5, 0.6) is 5.88 Å². The molecule has 0 atom stereocenters. The number of anilines is 2. The molecule has 0 unspecified atom stereocenters. The van der Waals surface area contributed by atoms with Crippen LogP contribution in [-0.2, 0) is 0 Å². The normalized spacial score (nSPS) is 18.5.